The van der Waals surface area contributed by atoms with Gasteiger partial charge in [0.1, 0.15) is 0 Å². The predicted octanol–water partition coefficient (Wildman–Crippen LogP) is 3.12. The number of aromatic nitrogens is 1. The Hall–Kier alpha value is -1.07. The minimum absolute atomic E-state index is 0. The normalized spacial score (nSPS) is 18.0. The van der Waals surface area contributed by atoms with Crippen molar-refractivity contribution in [2.75, 3.05) is 19.6 Å². The van der Waals surface area contributed by atoms with Crippen LogP contribution >= 0.6 is 12.4 Å². The highest BCUT2D eigenvalue weighted by Gasteiger charge is 2.18. The zero-order valence-electron chi connectivity index (χ0n) is 13.6. The van der Waals surface area contributed by atoms with E-state index in [1.165, 1.54) is 12.8 Å². The van der Waals surface area contributed by atoms with Crippen LogP contribution < -0.4 is 10.6 Å². The first-order valence-corrected chi connectivity index (χ1v) is 8.20. The van der Waals surface area contributed by atoms with Gasteiger partial charge in [-0.25, -0.2) is 0 Å². The standard InChI is InChI=1S/C16H27N3O2.ClH/c1-3-13(4-2)14-10-15(21-19-14)16(20)18-9-7-12-6-5-8-17-11-12;/h10,12-13,17H,3-9,11H2,1-2H3,(H,18,20);1H. The van der Waals surface area contributed by atoms with Gasteiger partial charge in [-0.2, -0.15) is 0 Å². The van der Waals surface area contributed by atoms with Gasteiger partial charge in [0.2, 0.25) is 5.76 Å². The maximum absolute atomic E-state index is 12.0. The number of nitrogens with one attached hydrogen (secondary N) is 2. The van der Waals surface area contributed by atoms with Crippen molar-refractivity contribution in [3.8, 4) is 0 Å². The van der Waals surface area contributed by atoms with Crippen molar-refractivity contribution >= 4 is 18.3 Å². The topological polar surface area (TPSA) is 67.2 Å². The first-order valence-electron chi connectivity index (χ1n) is 8.20. The number of rotatable bonds is 7. The molecular formula is C16H28ClN3O2. The van der Waals surface area contributed by atoms with Crippen molar-refractivity contribution in [2.24, 2.45) is 5.92 Å². The average Bonchev–Trinajstić information content (AvgIpc) is 2.99. The van der Waals surface area contributed by atoms with E-state index in [1.54, 1.807) is 6.07 Å². The van der Waals surface area contributed by atoms with Crippen LogP contribution in [-0.4, -0.2) is 30.7 Å². The number of carbonyl (C=O) groups excluding carboxylic acids is 1. The van der Waals surface area contributed by atoms with Crippen LogP contribution in [0.15, 0.2) is 10.6 Å². The van der Waals surface area contributed by atoms with Crippen molar-refractivity contribution in [2.45, 2.75) is 51.9 Å². The van der Waals surface area contributed by atoms with Crippen LogP contribution in [-0.2, 0) is 0 Å². The molecule has 1 saturated heterocycles. The first kappa shape index (κ1) is 19.0. The number of hydrogen-bond donors (Lipinski definition) is 2. The minimum Gasteiger partial charge on any atom is -0.351 e. The molecule has 1 aliphatic rings. The van der Waals surface area contributed by atoms with Crippen molar-refractivity contribution < 1.29 is 9.32 Å². The lowest BCUT2D eigenvalue weighted by atomic mass is 9.96. The highest BCUT2D eigenvalue weighted by atomic mass is 35.5. The van der Waals surface area contributed by atoms with Gasteiger partial charge in [-0.3, -0.25) is 4.79 Å². The van der Waals surface area contributed by atoms with Gasteiger partial charge in [-0.1, -0.05) is 19.0 Å². The Balaban J connectivity index is 0.00000242. The molecule has 0 radical (unpaired) electrons. The number of piperidine rings is 1. The Labute approximate surface area is 139 Å². The largest absolute Gasteiger partial charge is 0.351 e. The van der Waals surface area contributed by atoms with Crippen LogP contribution in [0, 0.1) is 5.92 Å². The van der Waals surface area contributed by atoms with E-state index in [9.17, 15) is 4.79 Å². The Kier molecular flexibility index (Phi) is 8.49. The number of amides is 1. The molecule has 0 saturated carbocycles. The molecule has 126 valence electrons. The number of carbonyl (C=O) groups is 1. The molecule has 0 aliphatic carbocycles. The van der Waals surface area contributed by atoms with Crippen LogP contribution in [0.3, 0.4) is 0 Å². The molecule has 0 aromatic carbocycles. The fourth-order valence-corrected chi connectivity index (χ4v) is 2.94. The van der Waals surface area contributed by atoms with Gasteiger partial charge in [0.05, 0.1) is 5.69 Å². The van der Waals surface area contributed by atoms with Gasteiger partial charge in [0.15, 0.2) is 0 Å². The molecule has 22 heavy (non-hydrogen) atoms. The molecule has 2 N–H and O–H groups in total. The fraction of sp³-hybridized carbons (Fsp3) is 0.750. The van der Waals surface area contributed by atoms with Crippen LogP contribution in [0.25, 0.3) is 0 Å². The number of nitrogens with zero attached hydrogens (tertiary/aromatic N) is 1. The van der Waals surface area contributed by atoms with Gasteiger partial charge in [0.25, 0.3) is 5.91 Å². The van der Waals surface area contributed by atoms with Gasteiger partial charge >= 0.3 is 0 Å². The van der Waals surface area contributed by atoms with Gasteiger partial charge in [-0.15, -0.1) is 12.4 Å². The van der Waals surface area contributed by atoms with Gasteiger partial charge < -0.3 is 15.2 Å². The predicted molar refractivity (Wildman–Crippen MR) is 89.6 cm³/mol. The van der Waals surface area contributed by atoms with Crippen molar-refractivity contribution in [1.82, 2.24) is 15.8 Å². The molecule has 1 fully saturated rings. The lowest BCUT2D eigenvalue weighted by molar-refractivity contribution is 0.0913. The quantitative estimate of drug-likeness (QED) is 0.806. The second-order valence-corrected chi connectivity index (χ2v) is 5.89. The van der Waals surface area contributed by atoms with E-state index in [0.29, 0.717) is 24.1 Å². The summed E-state index contributed by atoms with van der Waals surface area (Å²) in [6, 6.07) is 1.79. The summed E-state index contributed by atoms with van der Waals surface area (Å²) in [6.45, 7) is 7.14. The summed E-state index contributed by atoms with van der Waals surface area (Å²) in [7, 11) is 0. The Morgan fingerprint density at radius 1 is 1.50 bits per heavy atom. The average molecular weight is 330 g/mol. The van der Waals surface area contributed by atoms with Crippen molar-refractivity contribution in [3.05, 3.63) is 17.5 Å². The Bertz CT molecular complexity index is 440. The molecular weight excluding hydrogens is 302 g/mol. The summed E-state index contributed by atoms with van der Waals surface area (Å²) in [4.78, 5) is 12.0. The van der Waals surface area contributed by atoms with Crippen LogP contribution in [0.5, 0.6) is 0 Å². The maximum atomic E-state index is 12.0. The highest BCUT2D eigenvalue weighted by molar-refractivity contribution is 5.91. The summed E-state index contributed by atoms with van der Waals surface area (Å²) in [5.41, 5.74) is 0.890. The van der Waals surface area contributed by atoms with E-state index in [4.69, 9.17) is 4.52 Å². The van der Waals surface area contributed by atoms with E-state index in [1.807, 2.05) is 0 Å². The monoisotopic (exact) mass is 329 g/mol. The van der Waals surface area contributed by atoms with Gasteiger partial charge in [0, 0.05) is 18.5 Å². The molecule has 6 heteroatoms. The summed E-state index contributed by atoms with van der Waals surface area (Å²) in [6.07, 6.45) is 5.54. The summed E-state index contributed by atoms with van der Waals surface area (Å²) in [5.74, 6) is 1.24. The van der Waals surface area contributed by atoms with E-state index in [-0.39, 0.29) is 18.3 Å². The molecule has 5 nitrogen and oxygen atoms in total. The molecule has 1 amide bonds. The molecule has 2 heterocycles. The van der Waals surface area contributed by atoms with Crippen LogP contribution in [0.2, 0.25) is 0 Å². The number of halogens is 1. The molecule has 1 atom stereocenters. The van der Waals surface area contributed by atoms with E-state index >= 15 is 0 Å². The second-order valence-electron chi connectivity index (χ2n) is 5.89. The summed E-state index contributed by atoms with van der Waals surface area (Å²) >= 11 is 0. The molecule has 1 aliphatic heterocycles. The maximum Gasteiger partial charge on any atom is 0.289 e. The molecule has 1 unspecified atom stereocenters. The van der Waals surface area contributed by atoms with E-state index in [2.05, 4.69) is 29.6 Å². The summed E-state index contributed by atoms with van der Waals surface area (Å²) in [5, 5.41) is 10.4. The molecule has 1 aromatic heterocycles. The highest BCUT2D eigenvalue weighted by Crippen LogP contribution is 2.22. The second kappa shape index (κ2) is 9.85. The lowest BCUT2D eigenvalue weighted by Gasteiger charge is -2.22. The van der Waals surface area contributed by atoms with Gasteiger partial charge in [-0.05, 0) is 51.1 Å². The molecule has 1 aromatic rings. The molecule has 0 spiro atoms. The number of hydrogen-bond acceptors (Lipinski definition) is 4. The van der Waals surface area contributed by atoms with Crippen LogP contribution in [0.1, 0.15) is 68.1 Å². The third-order valence-electron chi connectivity index (χ3n) is 4.39. The third-order valence-corrected chi connectivity index (χ3v) is 4.39. The Morgan fingerprint density at radius 3 is 2.91 bits per heavy atom. The third kappa shape index (κ3) is 5.29. The van der Waals surface area contributed by atoms with E-state index < -0.39 is 0 Å². The minimum atomic E-state index is -0.150. The molecule has 0 bridgehead atoms. The lowest BCUT2D eigenvalue weighted by Crippen LogP contribution is -2.33. The smallest absolute Gasteiger partial charge is 0.289 e. The SMILES string of the molecule is CCC(CC)c1cc(C(=O)NCCC2CCCNC2)on1.Cl. The van der Waals surface area contributed by atoms with Crippen molar-refractivity contribution in [3.63, 3.8) is 0 Å². The Morgan fingerprint density at radius 2 is 2.27 bits per heavy atom. The van der Waals surface area contributed by atoms with Crippen LogP contribution in [0.4, 0.5) is 0 Å². The molecule has 2 rings (SSSR count). The summed E-state index contributed by atoms with van der Waals surface area (Å²) < 4.78 is 5.18. The zero-order chi connectivity index (χ0) is 15.1. The first-order chi connectivity index (χ1) is 10.2. The fourth-order valence-electron chi connectivity index (χ4n) is 2.94. The van der Waals surface area contributed by atoms with E-state index in [0.717, 1.165) is 38.0 Å². The van der Waals surface area contributed by atoms with Crippen molar-refractivity contribution in [1.29, 1.82) is 0 Å². The zero-order valence-corrected chi connectivity index (χ0v) is 14.4.